The van der Waals surface area contributed by atoms with E-state index in [1.807, 2.05) is 36.4 Å². The summed E-state index contributed by atoms with van der Waals surface area (Å²) in [7, 11) is 3.36. The SMILES string of the molecule is COc1ccc(OC)c(C(C)NCc2ccccc2)c1. The minimum Gasteiger partial charge on any atom is -0.497 e. The van der Waals surface area contributed by atoms with E-state index in [1.165, 1.54) is 5.56 Å². The van der Waals surface area contributed by atoms with Crippen molar-refractivity contribution in [2.75, 3.05) is 14.2 Å². The van der Waals surface area contributed by atoms with Gasteiger partial charge in [-0.05, 0) is 30.7 Å². The van der Waals surface area contributed by atoms with Crippen LogP contribution in [0.2, 0.25) is 0 Å². The van der Waals surface area contributed by atoms with E-state index in [-0.39, 0.29) is 6.04 Å². The molecule has 2 aromatic carbocycles. The summed E-state index contributed by atoms with van der Waals surface area (Å²) in [6.07, 6.45) is 0. The molecule has 0 aromatic heterocycles. The molecule has 2 aromatic rings. The lowest BCUT2D eigenvalue weighted by Gasteiger charge is -2.18. The van der Waals surface area contributed by atoms with Gasteiger partial charge in [-0.1, -0.05) is 30.3 Å². The van der Waals surface area contributed by atoms with E-state index in [9.17, 15) is 0 Å². The van der Waals surface area contributed by atoms with Crippen molar-refractivity contribution in [2.45, 2.75) is 19.5 Å². The fourth-order valence-electron chi connectivity index (χ4n) is 2.15. The lowest BCUT2D eigenvalue weighted by atomic mass is 10.1. The van der Waals surface area contributed by atoms with Gasteiger partial charge in [0, 0.05) is 18.2 Å². The van der Waals surface area contributed by atoms with E-state index in [4.69, 9.17) is 9.47 Å². The van der Waals surface area contributed by atoms with Crippen molar-refractivity contribution in [1.29, 1.82) is 0 Å². The first-order valence-electron chi connectivity index (χ1n) is 6.74. The molecule has 0 amide bonds. The van der Waals surface area contributed by atoms with Crippen LogP contribution in [-0.4, -0.2) is 14.2 Å². The van der Waals surface area contributed by atoms with Gasteiger partial charge in [0.05, 0.1) is 14.2 Å². The summed E-state index contributed by atoms with van der Waals surface area (Å²) in [6, 6.07) is 16.4. The van der Waals surface area contributed by atoms with Crippen molar-refractivity contribution in [2.24, 2.45) is 0 Å². The van der Waals surface area contributed by atoms with Crippen molar-refractivity contribution in [1.82, 2.24) is 5.32 Å². The van der Waals surface area contributed by atoms with Crippen LogP contribution in [0.1, 0.15) is 24.1 Å². The zero-order valence-electron chi connectivity index (χ0n) is 12.2. The Morgan fingerprint density at radius 3 is 2.40 bits per heavy atom. The normalized spacial score (nSPS) is 11.9. The average molecular weight is 271 g/mol. The highest BCUT2D eigenvalue weighted by Crippen LogP contribution is 2.29. The molecule has 0 saturated carbocycles. The third-order valence-electron chi connectivity index (χ3n) is 3.36. The number of hydrogen-bond acceptors (Lipinski definition) is 3. The van der Waals surface area contributed by atoms with E-state index in [2.05, 4.69) is 24.4 Å². The Morgan fingerprint density at radius 1 is 1.00 bits per heavy atom. The van der Waals surface area contributed by atoms with Gasteiger partial charge in [-0.2, -0.15) is 0 Å². The minimum absolute atomic E-state index is 0.181. The van der Waals surface area contributed by atoms with E-state index in [0.717, 1.165) is 23.6 Å². The Labute approximate surface area is 120 Å². The molecule has 0 spiro atoms. The van der Waals surface area contributed by atoms with Crippen molar-refractivity contribution in [3.05, 3.63) is 59.7 Å². The maximum absolute atomic E-state index is 5.42. The second-order valence-corrected chi connectivity index (χ2v) is 4.70. The fourth-order valence-corrected chi connectivity index (χ4v) is 2.15. The van der Waals surface area contributed by atoms with E-state index in [0.29, 0.717) is 0 Å². The molecular weight excluding hydrogens is 250 g/mol. The van der Waals surface area contributed by atoms with E-state index >= 15 is 0 Å². The molecule has 1 N–H and O–H groups in total. The predicted molar refractivity (Wildman–Crippen MR) is 81.2 cm³/mol. The number of ether oxygens (including phenoxy) is 2. The molecule has 2 rings (SSSR count). The summed E-state index contributed by atoms with van der Waals surface area (Å²) in [5, 5.41) is 3.51. The Bertz CT molecular complexity index is 540. The topological polar surface area (TPSA) is 30.5 Å². The second-order valence-electron chi connectivity index (χ2n) is 4.70. The van der Waals surface area contributed by atoms with Crippen molar-refractivity contribution in [3.63, 3.8) is 0 Å². The fraction of sp³-hybridized carbons (Fsp3) is 0.294. The standard InChI is InChI=1S/C17H21NO2/c1-13(18-12-14-7-5-4-6-8-14)16-11-15(19-2)9-10-17(16)20-3/h4-11,13,18H,12H2,1-3H3. The van der Waals surface area contributed by atoms with Crippen molar-refractivity contribution >= 4 is 0 Å². The number of rotatable bonds is 6. The van der Waals surface area contributed by atoms with Crippen LogP contribution in [-0.2, 0) is 6.54 Å². The predicted octanol–water partition coefficient (Wildman–Crippen LogP) is 3.55. The molecule has 0 aliphatic heterocycles. The molecule has 0 heterocycles. The molecule has 3 nitrogen and oxygen atoms in total. The molecule has 0 radical (unpaired) electrons. The van der Waals surface area contributed by atoms with Gasteiger partial charge < -0.3 is 14.8 Å². The smallest absolute Gasteiger partial charge is 0.123 e. The molecule has 106 valence electrons. The van der Waals surface area contributed by atoms with Gasteiger partial charge in [-0.25, -0.2) is 0 Å². The second kappa shape index (κ2) is 6.96. The first-order valence-corrected chi connectivity index (χ1v) is 6.74. The Morgan fingerprint density at radius 2 is 1.75 bits per heavy atom. The van der Waals surface area contributed by atoms with Crippen LogP contribution in [0.4, 0.5) is 0 Å². The molecule has 0 aliphatic carbocycles. The van der Waals surface area contributed by atoms with Gasteiger partial charge in [-0.15, -0.1) is 0 Å². The van der Waals surface area contributed by atoms with Crippen molar-refractivity contribution in [3.8, 4) is 11.5 Å². The third-order valence-corrected chi connectivity index (χ3v) is 3.36. The molecule has 1 atom stereocenters. The van der Waals surface area contributed by atoms with Gasteiger partial charge >= 0.3 is 0 Å². The Hall–Kier alpha value is -2.00. The molecule has 0 aliphatic rings. The minimum atomic E-state index is 0.181. The average Bonchev–Trinajstić information content (AvgIpc) is 2.52. The largest absolute Gasteiger partial charge is 0.497 e. The molecule has 0 bridgehead atoms. The first kappa shape index (κ1) is 14.4. The summed E-state index contributed by atoms with van der Waals surface area (Å²) in [6.45, 7) is 2.95. The van der Waals surface area contributed by atoms with Gasteiger partial charge in [0.2, 0.25) is 0 Å². The third kappa shape index (κ3) is 3.52. The highest BCUT2D eigenvalue weighted by molar-refractivity contribution is 5.42. The van der Waals surface area contributed by atoms with Crippen LogP contribution in [0, 0.1) is 0 Å². The van der Waals surface area contributed by atoms with Gasteiger partial charge in [0.1, 0.15) is 11.5 Å². The van der Waals surface area contributed by atoms with Gasteiger partial charge in [0.25, 0.3) is 0 Å². The highest BCUT2D eigenvalue weighted by atomic mass is 16.5. The number of benzene rings is 2. The van der Waals surface area contributed by atoms with Crippen LogP contribution in [0.15, 0.2) is 48.5 Å². The van der Waals surface area contributed by atoms with E-state index < -0.39 is 0 Å². The molecular formula is C17H21NO2. The molecule has 0 saturated heterocycles. The Balaban J connectivity index is 2.09. The van der Waals surface area contributed by atoms with Gasteiger partial charge in [-0.3, -0.25) is 0 Å². The zero-order valence-corrected chi connectivity index (χ0v) is 12.2. The lowest BCUT2D eigenvalue weighted by Crippen LogP contribution is -2.18. The number of hydrogen-bond donors (Lipinski definition) is 1. The lowest BCUT2D eigenvalue weighted by molar-refractivity contribution is 0.391. The Kier molecular flexibility index (Phi) is 5.02. The molecule has 20 heavy (non-hydrogen) atoms. The number of methoxy groups -OCH3 is 2. The summed E-state index contributed by atoms with van der Waals surface area (Å²) in [4.78, 5) is 0. The molecule has 0 fully saturated rings. The summed E-state index contributed by atoms with van der Waals surface area (Å²) >= 11 is 0. The monoisotopic (exact) mass is 271 g/mol. The van der Waals surface area contributed by atoms with Crippen LogP contribution in [0.3, 0.4) is 0 Å². The summed E-state index contributed by atoms with van der Waals surface area (Å²) in [5.41, 5.74) is 2.36. The molecule has 1 unspecified atom stereocenters. The first-order chi connectivity index (χ1) is 9.74. The maximum atomic E-state index is 5.42. The maximum Gasteiger partial charge on any atom is 0.123 e. The number of nitrogens with one attached hydrogen (secondary N) is 1. The van der Waals surface area contributed by atoms with Crippen LogP contribution in [0.5, 0.6) is 11.5 Å². The summed E-state index contributed by atoms with van der Waals surface area (Å²) < 4.78 is 10.7. The summed E-state index contributed by atoms with van der Waals surface area (Å²) in [5.74, 6) is 1.72. The van der Waals surface area contributed by atoms with Crippen LogP contribution in [0.25, 0.3) is 0 Å². The van der Waals surface area contributed by atoms with E-state index in [1.54, 1.807) is 14.2 Å². The zero-order chi connectivity index (χ0) is 14.4. The quantitative estimate of drug-likeness (QED) is 0.871. The van der Waals surface area contributed by atoms with Crippen LogP contribution >= 0.6 is 0 Å². The molecule has 3 heteroatoms. The van der Waals surface area contributed by atoms with Crippen LogP contribution < -0.4 is 14.8 Å². The highest BCUT2D eigenvalue weighted by Gasteiger charge is 2.12. The van der Waals surface area contributed by atoms with Gasteiger partial charge in [0.15, 0.2) is 0 Å². The van der Waals surface area contributed by atoms with Crippen molar-refractivity contribution < 1.29 is 9.47 Å².